The summed E-state index contributed by atoms with van der Waals surface area (Å²) in [6.07, 6.45) is 12.9. The SMILES string of the molecule is C=C(C)c1ccc(COCCCCCCCCCCOc2ccc(/C=C/C(=O)c3ccc(F)cc3)cc2)cc1. The van der Waals surface area contributed by atoms with Crippen LogP contribution in [0.4, 0.5) is 4.39 Å². The highest BCUT2D eigenvalue weighted by atomic mass is 19.1. The van der Waals surface area contributed by atoms with Crippen LogP contribution in [0, 0.1) is 5.82 Å². The first-order chi connectivity index (χ1) is 19.0. The first kappa shape index (κ1) is 30.0. The zero-order valence-corrected chi connectivity index (χ0v) is 23.2. The van der Waals surface area contributed by atoms with E-state index in [9.17, 15) is 9.18 Å². The van der Waals surface area contributed by atoms with Crippen molar-refractivity contribution in [2.24, 2.45) is 0 Å². The standard InChI is InChI=1S/C35H41FO3/c1-28(2)31-16-11-30(12-17-31)27-38-25-9-7-5-3-4-6-8-10-26-39-34-22-13-29(14-23-34)15-24-35(37)32-18-20-33(36)21-19-32/h11-24H,1,3-10,25-27H2,2H3/b24-15+. The van der Waals surface area contributed by atoms with Crippen molar-refractivity contribution in [3.8, 4) is 5.75 Å². The molecule has 0 aliphatic carbocycles. The number of ketones is 1. The van der Waals surface area contributed by atoms with Gasteiger partial charge in [-0.25, -0.2) is 4.39 Å². The molecule has 206 valence electrons. The van der Waals surface area contributed by atoms with Gasteiger partial charge in [0.25, 0.3) is 0 Å². The third-order valence-electron chi connectivity index (χ3n) is 6.60. The Labute approximate surface area is 233 Å². The smallest absolute Gasteiger partial charge is 0.185 e. The number of allylic oxidation sites excluding steroid dienone is 2. The molecule has 39 heavy (non-hydrogen) atoms. The Hall–Kier alpha value is -3.50. The minimum absolute atomic E-state index is 0.152. The van der Waals surface area contributed by atoms with E-state index in [0.29, 0.717) is 18.8 Å². The van der Waals surface area contributed by atoms with Gasteiger partial charge in [0.1, 0.15) is 11.6 Å². The predicted octanol–water partition coefficient (Wildman–Crippen LogP) is 9.47. The highest BCUT2D eigenvalue weighted by Gasteiger charge is 2.02. The zero-order valence-electron chi connectivity index (χ0n) is 23.2. The predicted molar refractivity (Wildman–Crippen MR) is 159 cm³/mol. The fourth-order valence-electron chi connectivity index (χ4n) is 4.19. The molecular weight excluding hydrogens is 487 g/mol. The summed E-state index contributed by atoms with van der Waals surface area (Å²) in [7, 11) is 0. The van der Waals surface area contributed by atoms with Gasteiger partial charge in [-0.2, -0.15) is 0 Å². The van der Waals surface area contributed by atoms with Crippen LogP contribution in [0.1, 0.15) is 85.3 Å². The van der Waals surface area contributed by atoms with Crippen molar-refractivity contribution in [3.63, 3.8) is 0 Å². The van der Waals surface area contributed by atoms with Gasteiger partial charge in [-0.1, -0.05) is 93.2 Å². The fraction of sp³-hybridized carbons (Fsp3) is 0.343. The van der Waals surface area contributed by atoms with Gasteiger partial charge in [-0.3, -0.25) is 4.79 Å². The van der Waals surface area contributed by atoms with Gasteiger partial charge in [0.2, 0.25) is 0 Å². The van der Waals surface area contributed by atoms with Crippen molar-refractivity contribution in [2.75, 3.05) is 13.2 Å². The highest BCUT2D eigenvalue weighted by Crippen LogP contribution is 2.16. The monoisotopic (exact) mass is 528 g/mol. The molecule has 3 aromatic rings. The van der Waals surface area contributed by atoms with E-state index < -0.39 is 0 Å². The molecule has 0 amide bonds. The van der Waals surface area contributed by atoms with E-state index in [0.717, 1.165) is 36.3 Å². The molecule has 0 aliphatic heterocycles. The molecule has 0 aliphatic rings. The lowest BCUT2D eigenvalue weighted by atomic mass is 10.1. The van der Waals surface area contributed by atoms with E-state index in [4.69, 9.17) is 9.47 Å². The molecule has 3 aromatic carbocycles. The summed E-state index contributed by atoms with van der Waals surface area (Å²) in [4.78, 5) is 12.2. The van der Waals surface area contributed by atoms with Crippen LogP contribution in [0.2, 0.25) is 0 Å². The van der Waals surface area contributed by atoms with Crippen LogP contribution in [0.5, 0.6) is 5.75 Å². The summed E-state index contributed by atoms with van der Waals surface area (Å²) >= 11 is 0. The summed E-state index contributed by atoms with van der Waals surface area (Å²) in [6.45, 7) is 8.21. The van der Waals surface area contributed by atoms with Crippen molar-refractivity contribution < 1.29 is 18.7 Å². The van der Waals surface area contributed by atoms with Crippen LogP contribution < -0.4 is 4.74 Å². The number of rotatable bonds is 18. The molecule has 0 heterocycles. The minimum Gasteiger partial charge on any atom is -0.494 e. The molecule has 0 atom stereocenters. The molecule has 0 unspecified atom stereocenters. The first-order valence-electron chi connectivity index (χ1n) is 14.0. The molecule has 3 nitrogen and oxygen atoms in total. The molecule has 0 saturated carbocycles. The molecule has 0 N–H and O–H groups in total. The van der Waals surface area contributed by atoms with Crippen molar-refractivity contribution in [1.29, 1.82) is 0 Å². The number of benzene rings is 3. The summed E-state index contributed by atoms with van der Waals surface area (Å²) in [5.41, 5.74) is 4.87. The summed E-state index contributed by atoms with van der Waals surface area (Å²) < 4.78 is 24.7. The van der Waals surface area contributed by atoms with Crippen molar-refractivity contribution in [1.82, 2.24) is 0 Å². The van der Waals surface area contributed by atoms with Crippen LogP contribution in [0.25, 0.3) is 11.6 Å². The molecule has 0 aromatic heterocycles. The topological polar surface area (TPSA) is 35.5 Å². The molecule has 0 fully saturated rings. The first-order valence-corrected chi connectivity index (χ1v) is 14.0. The van der Waals surface area contributed by atoms with E-state index >= 15 is 0 Å². The molecule has 0 radical (unpaired) electrons. The van der Waals surface area contributed by atoms with Crippen LogP contribution in [0.15, 0.2) is 85.5 Å². The maximum absolute atomic E-state index is 13.0. The molecule has 0 saturated heterocycles. The van der Waals surface area contributed by atoms with E-state index in [1.807, 2.05) is 31.2 Å². The average molecular weight is 529 g/mol. The van der Waals surface area contributed by atoms with Gasteiger partial charge in [0.05, 0.1) is 13.2 Å². The second-order valence-corrected chi connectivity index (χ2v) is 9.98. The van der Waals surface area contributed by atoms with Gasteiger partial charge < -0.3 is 9.47 Å². The highest BCUT2D eigenvalue weighted by molar-refractivity contribution is 6.06. The summed E-state index contributed by atoms with van der Waals surface area (Å²) in [6, 6.07) is 21.7. The largest absolute Gasteiger partial charge is 0.494 e. The number of hydrogen-bond donors (Lipinski definition) is 0. The van der Waals surface area contributed by atoms with Crippen molar-refractivity contribution >= 4 is 17.4 Å². The zero-order chi connectivity index (χ0) is 27.7. The molecule has 3 rings (SSSR count). The Bertz CT molecular complexity index is 1160. The maximum Gasteiger partial charge on any atom is 0.185 e. The Balaban J connectivity index is 1.15. The second kappa shape index (κ2) is 17.2. The number of carbonyl (C=O) groups is 1. The number of carbonyl (C=O) groups excluding carboxylic acids is 1. The van der Waals surface area contributed by atoms with Gasteiger partial charge >= 0.3 is 0 Å². The van der Waals surface area contributed by atoms with Gasteiger partial charge in [0, 0.05) is 12.2 Å². The van der Waals surface area contributed by atoms with E-state index in [2.05, 4.69) is 30.8 Å². The minimum atomic E-state index is -0.350. The van der Waals surface area contributed by atoms with E-state index in [-0.39, 0.29) is 11.6 Å². The summed E-state index contributed by atoms with van der Waals surface area (Å²) in [5.74, 6) is 0.334. The lowest BCUT2D eigenvalue weighted by Crippen LogP contribution is -1.97. The Morgan fingerprint density at radius 3 is 1.92 bits per heavy atom. The molecule has 0 spiro atoms. The van der Waals surface area contributed by atoms with Gasteiger partial charge in [-0.05, 0) is 78.9 Å². The average Bonchev–Trinajstić information content (AvgIpc) is 2.95. The van der Waals surface area contributed by atoms with Gasteiger partial charge in [0.15, 0.2) is 5.78 Å². The lowest BCUT2D eigenvalue weighted by Gasteiger charge is -2.07. The number of halogens is 1. The number of hydrogen-bond acceptors (Lipinski definition) is 3. The third-order valence-corrected chi connectivity index (χ3v) is 6.60. The molecular formula is C35H41FO3. The summed E-state index contributed by atoms with van der Waals surface area (Å²) in [5, 5.41) is 0. The third kappa shape index (κ3) is 11.8. The molecule has 4 heteroatoms. The van der Waals surface area contributed by atoms with Crippen LogP contribution in [-0.4, -0.2) is 19.0 Å². The van der Waals surface area contributed by atoms with E-state index in [1.165, 1.54) is 80.0 Å². The Morgan fingerprint density at radius 1 is 0.744 bits per heavy atom. The Morgan fingerprint density at radius 2 is 1.31 bits per heavy atom. The van der Waals surface area contributed by atoms with Crippen molar-refractivity contribution in [3.05, 3.63) is 114 Å². The van der Waals surface area contributed by atoms with Crippen molar-refractivity contribution in [2.45, 2.75) is 64.9 Å². The van der Waals surface area contributed by atoms with Crippen LogP contribution >= 0.6 is 0 Å². The quantitative estimate of drug-likeness (QED) is 0.0937. The molecule has 0 bridgehead atoms. The van der Waals surface area contributed by atoms with Gasteiger partial charge in [-0.15, -0.1) is 0 Å². The van der Waals surface area contributed by atoms with E-state index in [1.54, 1.807) is 6.08 Å². The second-order valence-electron chi connectivity index (χ2n) is 9.98. The van der Waals surface area contributed by atoms with Crippen LogP contribution in [-0.2, 0) is 11.3 Å². The number of ether oxygens (including phenoxy) is 2. The fourth-order valence-corrected chi connectivity index (χ4v) is 4.19. The lowest BCUT2D eigenvalue weighted by molar-refractivity contribution is 0.104. The number of unbranched alkanes of at least 4 members (excludes halogenated alkanes) is 7. The maximum atomic E-state index is 13.0. The normalized spacial score (nSPS) is 11.1. The Kier molecular flexibility index (Phi) is 13.2. The van der Waals surface area contributed by atoms with Crippen LogP contribution in [0.3, 0.4) is 0 Å².